The summed E-state index contributed by atoms with van der Waals surface area (Å²) in [4.78, 5) is 11.6. The molecule has 0 aliphatic rings. The SMILES string of the molecule is C=CCNCC(=O)Nc1cccc(OC(C)C)c1. The van der Waals surface area contributed by atoms with E-state index in [0.717, 1.165) is 11.4 Å². The van der Waals surface area contributed by atoms with Gasteiger partial charge in [-0.2, -0.15) is 0 Å². The molecule has 0 unspecified atom stereocenters. The third-order valence-corrected chi connectivity index (χ3v) is 2.06. The minimum Gasteiger partial charge on any atom is -0.491 e. The van der Waals surface area contributed by atoms with Crippen LogP contribution in [0.3, 0.4) is 0 Å². The summed E-state index contributed by atoms with van der Waals surface area (Å²) in [5, 5.41) is 5.74. The maximum Gasteiger partial charge on any atom is 0.238 e. The van der Waals surface area contributed by atoms with Gasteiger partial charge in [0.15, 0.2) is 0 Å². The van der Waals surface area contributed by atoms with Crippen LogP contribution in [-0.4, -0.2) is 25.1 Å². The van der Waals surface area contributed by atoms with Crippen LogP contribution < -0.4 is 15.4 Å². The molecule has 18 heavy (non-hydrogen) atoms. The number of carbonyl (C=O) groups excluding carboxylic acids is 1. The van der Waals surface area contributed by atoms with Crippen molar-refractivity contribution < 1.29 is 9.53 Å². The van der Waals surface area contributed by atoms with Crippen LogP contribution in [0.2, 0.25) is 0 Å². The maximum atomic E-state index is 11.6. The van der Waals surface area contributed by atoms with Crippen LogP contribution in [0.15, 0.2) is 36.9 Å². The predicted octanol–water partition coefficient (Wildman–Crippen LogP) is 2.19. The van der Waals surface area contributed by atoms with Crippen molar-refractivity contribution in [2.45, 2.75) is 20.0 Å². The first-order chi connectivity index (χ1) is 8.61. The number of nitrogens with one attached hydrogen (secondary N) is 2. The van der Waals surface area contributed by atoms with E-state index in [-0.39, 0.29) is 18.6 Å². The van der Waals surface area contributed by atoms with Crippen molar-refractivity contribution in [3.63, 3.8) is 0 Å². The number of benzene rings is 1. The molecule has 4 heteroatoms. The van der Waals surface area contributed by atoms with Gasteiger partial charge in [0.1, 0.15) is 5.75 Å². The van der Waals surface area contributed by atoms with Crippen molar-refractivity contribution in [3.8, 4) is 5.75 Å². The van der Waals surface area contributed by atoms with Crippen molar-refractivity contribution in [2.75, 3.05) is 18.4 Å². The first-order valence-corrected chi connectivity index (χ1v) is 6.00. The predicted molar refractivity (Wildman–Crippen MR) is 73.9 cm³/mol. The third kappa shape index (κ3) is 5.50. The van der Waals surface area contributed by atoms with Gasteiger partial charge in [0.25, 0.3) is 0 Å². The van der Waals surface area contributed by atoms with Crippen LogP contribution in [-0.2, 0) is 4.79 Å². The molecule has 0 atom stereocenters. The zero-order valence-electron chi connectivity index (χ0n) is 10.9. The lowest BCUT2D eigenvalue weighted by Crippen LogP contribution is -2.28. The topological polar surface area (TPSA) is 50.4 Å². The van der Waals surface area contributed by atoms with Gasteiger partial charge >= 0.3 is 0 Å². The Labute approximate surface area is 108 Å². The van der Waals surface area contributed by atoms with Crippen LogP contribution in [0.4, 0.5) is 5.69 Å². The molecule has 0 aliphatic heterocycles. The zero-order valence-corrected chi connectivity index (χ0v) is 10.9. The molecule has 0 saturated heterocycles. The molecule has 0 bridgehead atoms. The van der Waals surface area contributed by atoms with Gasteiger partial charge in [-0.05, 0) is 26.0 Å². The molecule has 0 aliphatic carbocycles. The molecule has 98 valence electrons. The van der Waals surface area contributed by atoms with Crippen LogP contribution in [0, 0.1) is 0 Å². The lowest BCUT2D eigenvalue weighted by Gasteiger charge is -2.11. The van der Waals surface area contributed by atoms with Crippen molar-refractivity contribution in [1.82, 2.24) is 5.32 Å². The Balaban J connectivity index is 2.50. The highest BCUT2D eigenvalue weighted by molar-refractivity contribution is 5.92. The number of rotatable bonds is 7. The lowest BCUT2D eigenvalue weighted by atomic mass is 10.3. The van der Waals surface area contributed by atoms with E-state index < -0.39 is 0 Å². The Hall–Kier alpha value is -1.81. The van der Waals surface area contributed by atoms with E-state index in [1.165, 1.54) is 0 Å². The van der Waals surface area contributed by atoms with E-state index in [1.807, 2.05) is 38.1 Å². The van der Waals surface area contributed by atoms with E-state index in [0.29, 0.717) is 6.54 Å². The van der Waals surface area contributed by atoms with Crippen LogP contribution >= 0.6 is 0 Å². The fourth-order valence-electron chi connectivity index (χ4n) is 1.41. The normalized spacial score (nSPS) is 10.2. The Morgan fingerprint density at radius 1 is 1.50 bits per heavy atom. The Morgan fingerprint density at radius 3 is 2.94 bits per heavy atom. The highest BCUT2D eigenvalue weighted by Crippen LogP contribution is 2.18. The Bertz CT molecular complexity index is 403. The minimum atomic E-state index is -0.0847. The number of hydrogen-bond donors (Lipinski definition) is 2. The second-order valence-corrected chi connectivity index (χ2v) is 4.16. The first kappa shape index (κ1) is 14.3. The lowest BCUT2D eigenvalue weighted by molar-refractivity contribution is -0.115. The molecule has 1 amide bonds. The molecule has 0 spiro atoms. The summed E-state index contributed by atoms with van der Waals surface area (Å²) in [5.74, 6) is 0.667. The van der Waals surface area contributed by atoms with Gasteiger partial charge < -0.3 is 15.4 Å². The summed E-state index contributed by atoms with van der Waals surface area (Å²) in [6, 6.07) is 7.36. The first-order valence-electron chi connectivity index (χ1n) is 6.00. The third-order valence-electron chi connectivity index (χ3n) is 2.06. The average molecular weight is 248 g/mol. The molecule has 0 aromatic heterocycles. The number of ether oxygens (including phenoxy) is 1. The molecule has 0 radical (unpaired) electrons. The van der Waals surface area contributed by atoms with Crippen LogP contribution in [0.25, 0.3) is 0 Å². The van der Waals surface area contributed by atoms with Gasteiger partial charge in [0.05, 0.1) is 12.6 Å². The van der Waals surface area contributed by atoms with Crippen molar-refractivity contribution in [2.24, 2.45) is 0 Å². The van der Waals surface area contributed by atoms with E-state index in [2.05, 4.69) is 17.2 Å². The molecule has 0 fully saturated rings. The van der Waals surface area contributed by atoms with E-state index >= 15 is 0 Å². The van der Waals surface area contributed by atoms with Gasteiger partial charge in [-0.25, -0.2) is 0 Å². The number of carbonyl (C=O) groups is 1. The van der Waals surface area contributed by atoms with Gasteiger partial charge in [0, 0.05) is 18.3 Å². The van der Waals surface area contributed by atoms with E-state index in [4.69, 9.17) is 4.74 Å². The fraction of sp³-hybridized carbons (Fsp3) is 0.357. The highest BCUT2D eigenvalue weighted by atomic mass is 16.5. The Morgan fingerprint density at radius 2 is 2.28 bits per heavy atom. The molecule has 1 aromatic carbocycles. The summed E-state index contributed by atoms with van der Waals surface area (Å²) in [6.07, 6.45) is 1.83. The Kier molecular flexibility index (Phi) is 5.94. The molecular formula is C14H20N2O2. The minimum absolute atomic E-state index is 0.0847. The van der Waals surface area contributed by atoms with Crippen molar-refractivity contribution >= 4 is 11.6 Å². The standard InChI is InChI=1S/C14H20N2O2/c1-4-8-15-10-14(17)16-12-6-5-7-13(9-12)18-11(2)3/h4-7,9,11,15H,1,8,10H2,2-3H3,(H,16,17). The zero-order chi connectivity index (χ0) is 13.4. The monoisotopic (exact) mass is 248 g/mol. The summed E-state index contributed by atoms with van der Waals surface area (Å²) >= 11 is 0. The van der Waals surface area contributed by atoms with Gasteiger partial charge in [-0.1, -0.05) is 12.1 Å². The fourth-order valence-corrected chi connectivity index (χ4v) is 1.41. The quantitative estimate of drug-likeness (QED) is 0.574. The van der Waals surface area contributed by atoms with Crippen molar-refractivity contribution in [3.05, 3.63) is 36.9 Å². The summed E-state index contributed by atoms with van der Waals surface area (Å²) in [5.41, 5.74) is 0.735. The summed E-state index contributed by atoms with van der Waals surface area (Å²) in [7, 11) is 0. The molecule has 1 rings (SSSR count). The molecule has 0 saturated carbocycles. The highest BCUT2D eigenvalue weighted by Gasteiger charge is 2.03. The smallest absolute Gasteiger partial charge is 0.238 e. The van der Waals surface area contributed by atoms with E-state index in [1.54, 1.807) is 6.08 Å². The molecule has 0 heterocycles. The van der Waals surface area contributed by atoms with Crippen LogP contribution in [0.1, 0.15) is 13.8 Å². The molecule has 1 aromatic rings. The van der Waals surface area contributed by atoms with Gasteiger partial charge in [-0.3, -0.25) is 4.79 Å². The van der Waals surface area contributed by atoms with Crippen LogP contribution in [0.5, 0.6) is 5.75 Å². The largest absolute Gasteiger partial charge is 0.491 e. The summed E-state index contributed by atoms with van der Waals surface area (Å²) in [6.45, 7) is 8.38. The van der Waals surface area contributed by atoms with Gasteiger partial charge in [-0.15, -0.1) is 6.58 Å². The molecule has 2 N–H and O–H groups in total. The number of hydrogen-bond acceptors (Lipinski definition) is 3. The number of amides is 1. The molecular weight excluding hydrogens is 228 g/mol. The second-order valence-electron chi connectivity index (χ2n) is 4.16. The van der Waals surface area contributed by atoms with E-state index in [9.17, 15) is 4.79 Å². The second kappa shape index (κ2) is 7.50. The average Bonchev–Trinajstić information content (AvgIpc) is 2.28. The maximum absolute atomic E-state index is 11.6. The van der Waals surface area contributed by atoms with Gasteiger partial charge in [0.2, 0.25) is 5.91 Å². The summed E-state index contributed by atoms with van der Waals surface area (Å²) < 4.78 is 5.55. The van der Waals surface area contributed by atoms with Crippen molar-refractivity contribution in [1.29, 1.82) is 0 Å². The molecule has 4 nitrogen and oxygen atoms in total. The number of anilines is 1.